The molecule has 1 N–H and O–H groups in total. The summed E-state index contributed by atoms with van der Waals surface area (Å²) >= 11 is 0. The highest BCUT2D eigenvalue weighted by Gasteiger charge is 2.07. The van der Waals surface area contributed by atoms with Crippen LogP contribution in [0.5, 0.6) is 5.75 Å². The average Bonchev–Trinajstić information content (AvgIpc) is 2.81. The molecule has 0 saturated heterocycles. The highest BCUT2D eigenvalue weighted by atomic mass is 31.1. The number of benzene rings is 1. The number of aromatic hydroxyl groups is 1. The minimum Gasteiger partial charge on any atom is -0.508 e. The first-order valence-electron chi connectivity index (χ1n) is 14.2. The monoisotopic (exact) mass is 464 g/mol. The lowest BCUT2D eigenvalue weighted by atomic mass is 10.1. The summed E-state index contributed by atoms with van der Waals surface area (Å²) in [5, 5.41) is 8.63. The van der Waals surface area contributed by atoms with Gasteiger partial charge in [0.25, 0.3) is 0 Å². The van der Waals surface area contributed by atoms with Gasteiger partial charge in [-0.25, -0.2) is 0 Å². The fraction of sp³-hybridized carbons (Fsp3) is 0.800. The normalized spacial score (nSPS) is 10.9. The molecule has 1 aromatic rings. The van der Waals surface area contributed by atoms with Crippen LogP contribution in [0.2, 0.25) is 0 Å². The number of phenols is 1. The maximum atomic E-state index is 8.63. The van der Waals surface area contributed by atoms with Crippen molar-refractivity contribution in [2.75, 3.05) is 18.5 Å². The quantitative estimate of drug-likeness (QED) is 0.142. The van der Waals surface area contributed by atoms with Gasteiger partial charge in [0.1, 0.15) is 5.75 Å². The molecule has 1 nitrogen and oxygen atoms in total. The van der Waals surface area contributed by atoms with Gasteiger partial charge in [0.05, 0.1) is 0 Å². The zero-order valence-electron chi connectivity index (χ0n) is 22.1. The van der Waals surface area contributed by atoms with E-state index < -0.39 is 0 Å². The van der Waals surface area contributed by atoms with Crippen molar-refractivity contribution < 1.29 is 5.11 Å². The molecular formula is C30H57OP. The standard InChI is InChI=1S/C24H51P.C6H6O/c1-4-7-10-13-16-19-22-25(23-20-17-14-11-8-5-2)24-21-18-15-12-9-6-3;7-6-4-2-1-3-5-6/h4-24H2,1-3H3;1-5,7H. The molecule has 0 fully saturated rings. The Bertz CT molecular complexity index is 409. The summed E-state index contributed by atoms with van der Waals surface area (Å²) < 4.78 is 0. The molecule has 32 heavy (non-hydrogen) atoms. The highest BCUT2D eigenvalue weighted by molar-refractivity contribution is 7.57. The molecule has 0 aliphatic heterocycles. The third-order valence-electron chi connectivity index (χ3n) is 6.24. The van der Waals surface area contributed by atoms with Crippen molar-refractivity contribution in [1.82, 2.24) is 0 Å². The fourth-order valence-corrected chi connectivity index (χ4v) is 6.79. The molecule has 0 amide bonds. The Kier molecular flexibility index (Phi) is 26.2. The lowest BCUT2D eigenvalue weighted by Gasteiger charge is -2.18. The summed E-state index contributed by atoms with van der Waals surface area (Å²) in [5.74, 6) is 0.322. The lowest BCUT2D eigenvalue weighted by Crippen LogP contribution is -1.97. The second-order valence-electron chi connectivity index (χ2n) is 9.48. The van der Waals surface area contributed by atoms with Gasteiger partial charge < -0.3 is 5.11 Å². The Morgan fingerprint density at radius 3 is 1.06 bits per heavy atom. The number of unbranched alkanes of at least 4 members (excludes halogenated alkanes) is 15. The largest absolute Gasteiger partial charge is 0.508 e. The van der Waals surface area contributed by atoms with Gasteiger partial charge in [-0.3, -0.25) is 0 Å². The zero-order chi connectivity index (χ0) is 23.5. The molecule has 0 aliphatic carbocycles. The van der Waals surface area contributed by atoms with E-state index in [0.29, 0.717) is 13.7 Å². The summed E-state index contributed by atoms with van der Waals surface area (Å²) in [6, 6.07) is 8.71. The molecule has 0 unspecified atom stereocenters. The molecule has 1 aromatic carbocycles. The fourth-order valence-electron chi connectivity index (χ4n) is 4.11. The zero-order valence-corrected chi connectivity index (χ0v) is 23.0. The van der Waals surface area contributed by atoms with Crippen molar-refractivity contribution in [3.63, 3.8) is 0 Å². The van der Waals surface area contributed by atoms with Crippen LogP contribution in [0.15, 0.2) is 30.3 Å². The Balaban J connectivity index is 0.00000115. The van der Waals surface area contributed by atoms with Crippen LogP contribution in [-0.2, 0) is 0 Å². The molecule has 0 aliphatic rings. The van der Waals surface area contributed by atoms with Gasteiger partial charge in [-0.2, -0.15) is 0 Å². The molecule has 188 valence electrons. The smallest absolute Gasteiger partial charge is 0.115 e. The Morgan fingerprint density at radius 1 is 0.469 bits per heavy atom. The molecule has 0 spiro atoms. The van der Waals surface area contributed by atoms with Crippen LogP contribution in [-0.4, -0.2) is 23.6 Å². The van der Waals surface area contributed by atoms with Crippen molar-refractivity contribution in [1.29, 1.82) is 0 Å². The number of phenolic OH excluding ortho intramolecular Hbond substituents is 1. The van der Waals surface area contributed by atoms with Crippen LogP contribution < -0.4 is 0 Å². The van der Waals surface area contributed by atoms with Gasteiger partial charge in [0, 0.05) is 0 Å². The first kappa shape index (κ1) is 31.4. The Labute approximate surface area is 203 Å². The first-order chi connectivity index (χ1) is 15.7. The molecule has 0 heterocycles. The minimum atomic E-state index is 0.322. The summed E-state index contributed by atoms with van der Waals surface area (Å²) in [6.07, 6.45) is 31.2. The molecular weight excluding hydrogens is 407 g/mol. The molecule has 0 radical (unpaired) electrons. The topological polar surface area (TPSA) is 20.2 Å². The summed E-state index contributed by atoms with van der Waals surface area (Å²) in [4.78, 5) is 0. The molecule has 0 aromatic heterocycles. The summed E-state index contributed by atoms with van der Waals surface area (Å²) in [6.45, 7) is 6.96. The van der Waals surface area contributed by atoms with Crippen molar-refractivity contribution in [3.05, 3.63) is 30.3 Å². The van der Waals surface area contributed by atoms with Gasteiger partial charge in [-0.05, 0) is 49.9 Å². The number of hydrogen-bond donors (Lipinski definition) is 1. The van der Waals surface area contributed by atoms with Gasteiger partial charge in [-0.1, -0.05) is 135 Å². The number of para-hydroxylation sites is 1. The summed E-state index contributed by atoms with van der Waals surface area (Å²) in [5.41, 5.74) is 0. The van der Waals surface area contributed by atoms with Crippen LogP contribution in [0.25, 0.3) is 0 Å². The Morgan fingerprint density at radius 2 is 0.781 bits per heavy atom. The summed E-state index contributed by atoms with van der Waals surface area (Å²) in [7, 11) is 0.366. The first-order valence-corrected chi connectivity index (χ1v) is 16.1. The van der Waals surface area contributed by atoms with E-state index in [2.05, 4.69) is 20.8 Å². The Hall–Kier alpha value is -0.550. The second-order valence-corrected chi connectivity index (χ2v) is 12.2. The van der Waals surface area contributed by atoms with Gasteiger partial charge >= 0.3 is 0 Å². The van der Waals surface area contributed by atoms with E-state index in [9.17, 15) is 0 Å². The van der Waals surface area contributed by atoms with E-state index in [1.165, 1.54) is 116 Å². The van der Waals surface area contributed by atoms with Gasteiger partial charge in [-0.15, -0.1) is 7.92 Å². The SMILES string of the molecule is CCCCCCCCP(CCCCCCCC)CCCCCCCC.Oc1ccccc1. The molecule has 0 saturated carbocycles. The van der Waals surface area contributed by atoms with E-state index in [-0.39, 0.29) is 0 Å². The van der Waals surface area contributed by atoms with E-state index >= 15 is 0 Å². The van der Waals surface area contributed by atoms with E-state index in [1.54, 1.807) is 42.8 Å². The van der Waals surface area contributed by atoms with Crippen molar-refractivity contribution >= 4 is 7.92 Å². The van der Waals surface area contributed by atoms with Crippen LogP contribution in [0.1, 0.15) is 136 Å². The van der Waals surface area contributed by atoms with Crippen molar-refractivity contribution in [3.8, 4) is 5.75 Å². The van der Waals surface area contributed by atoms with Crippen LogP contribution in [0, 0.1) is 0 Å². The molecule has 0 atom stereocenters. The van der Waals surface area contributed by atoms with Crippen molar-refractivity contribution in [2.45, 2.75) is 136 Å². The maximum absolute atomic E-state index is 8.63. The van der Waals surface area contributed by atoms with E-state index in [4.69, 9.17) is 5.11 Å². The second kappa shape index (κ2) is 26.7. The maximum Gasteiger partial charge on any atom is 0.115 e. The third kappa shape index (κ3) is 24.1. The molecule has 1 rings (SSSR count). The molecule has 0 bridgehead atoms. The van der Waals surface area contributed by atoms with Crippen molar-refractivity contribution in [2.24, 2.45) is 0 Å². The van der Waals surface area contributed by atoms with Gasteiger partial charge in [0.2, 0.25) is 0 Å². The minimum absolute atomic E-state index is 0.322. The predicted octanol–water partition coefficient (Wildman–Crippen LogP) is 10.9. The molecule has 2 heteroatoms. The van der Waals surface area contributed by atoms with E-state index in [1.807, 2.05) is 6.07 Å². The predicted molar refractivity (Wildman–Crippen MR) is 150 cm³/mol. The third-order valence-corrected chi connectivity index (χ3v) is 9.09. The highest BCUT2D eigenvalue weighted by Crippen LogP contribution is 2.39. The lowest BCUT2D eigenvalue weighted by molar-refractivity contribution is 0.475. The van der Waals surface area contributed by atoms with Gasteiger partial charge in [0.15, 0.2) is 0 Å². The average molecular weight is 465 g/mol. The van der Waals surface area contributed by atoms with Crippen LogP contribution in [0.3, 0.4) is 0 Å². The number of rotatable bonds is 21. The number of hydrogen-bond acceptors (Lipinski definition) is 1. The van der Waals surface area contributed by atoms with Crippen LogP contribution in [0.4, 0.5) is 0 Å². The van der Waals surface area contributed by atoms with Crippen LogP contribution >= 0.6 is 7.92 Å². The van der Waals surface area contributed by atoms with E-state index in [0.717, 1.165) is 0 Å².